The number of rotatable bonds is 5. The molecular weight excluding hydrogens is 254 g/mol. The van der Waals surface area contributed by atoms with Crippen LogP contribution in [-0.2, 0) is 6.42 Å². The Bertz CT molecular complexity index is 618. The van der Waals surface area contributed by atoms with Crippen LogP contribution in [0.3, 0.4) is 0 Å². The van der Waals surface area contributed by atoms with Gasteiger partial charge in [-0.15, -0.1) is 0 Å². The van der Waals surface area contributed by atoms with Crippen molar-refractivity contribution in [3.05, 3.63) is 34.6 Å². The van der Waals surface area contributed by atoms with E-state index in [4.69, 9.17) is 12.2 Å². The molecule has 0 saturated heterocycles. The van der Waals surface area contributed by atoms with Gasteiger partial charge in [-0.1, -0.05) is 26.1 Å². The second-order valence-electron chi connectivity index (χ2n) is 4.60. The van der Waals surface area contributed by atoms with Gasteiger partial charge in [0.2, 0.25) is 0 Å². The van der Waals surface area contributed by atoms with Crippen LogP contribution in [0.5, 0.6) is 0 Å². The summed E-state index contributed by atoms with van der Waals surface area (Å²) in [6, 6.07) is 6.25. The zero-order valence-electron chi connectivity index (χ0n) is 11.9. The normalized spacial score (nSPS) is 10.9. The molecule has 0 bridgehead atoms. The molecule has 0 N–H and O–H groups in total. The van der Waals surface area contributed by atoms with E-state index in [9.17, 15) is 0 Å². The van der Waals surface area contributed by atoms with Crippen molar-refractivity contribution in [2.24, 2.45) is 0 Å². The third-order valence-corrected chi connectivity index (χ3v) is 3.76. The van der Waals surface area contributed by atoms with Crippen LogP contribution in [0.4, 0.5) is 0 Å². The van der Waals surface area contributed by atoms with Gasteiger partial charge in [0.15, 0.2) is 5.65 Å². The van der Waals surface area contributed by atoms with Crippen molar-refractivity contribution in [3.8, 4) is 0 Å². The van der Waals surface area contributed by atoms with Crippen molar-refractivity contribution in [3.63, 3.8) is 0 Å². The molecule has 4 heteroatoms. The van der Waals surface area contributed by atoms with Crippen LogP contribution in [0.2, 0.25) is 0 Å². The lowest BCUT2D eigenvalue weighted by molar-refractivity contribution is 0.594. The summed E-state index contributed by atoms with van der Waals surface area (Å²) in [6.45, 7) is 8.41. The highest BCUT2D eigenvalue weighted by atomic mass is 32.1. The Hall–Kier alpha value is -1.42. The quantitative estimate of drug-likeness (QED) is 0.776. The van der Waals surface area contributed by atoms with Crippen LogP contribution in [0.1, 0.15) is 32.8 Å². The molecule has 2 heterocycles. The van der Waals surface area contributed by atoms with Gasteiger partial charge in [-0.3, -0.25) is 0 Å². The molecule has 2 rings (SSSR count). The molecule has 0 spiro atoms. The Morgan fingerprint density at radius 3 is 2.74 bits per heavy atom. The van der Waals surface area contributed by atoms with Crippen molar-refractivity contribution < 1.29 is 0 Å². The predicted octanol–water partition coefficient (Wildman–Crippen LogP) is 3.70. The Morgan fingerprint density at radius 2 is 2.11 bits per heavy atom. The Balaban J connectivity index is 2.74. The molecule has 0 atom stereocenters. The van der Waals surface area contributed by atoms with Crippen LogP contribution < -0.4 is 5.01 Å². The summed E-state index contributed by atoms with van der Waals surface area (Å²) in [5.41, 5.74) is 2.17. The van der Waals surface area contributed by atoms with E-state index < -0.39 is 0 Å². The topological polar surface area (TPSA) is 21.1 Å². The average Bonchev–Trinajstić information content (AvgIpc) is 2.45. The Labute approximate surface area is 119 Å². The number of hydrogen-bond acceptors (Lipinski definition) is 3. The first kappa shape index (κ1) is 14.0. The summed E-state index contributed by atoms with van der Waals surface area (Å²) < 4.78 is 3.01. The second kappa shape index (κ2) is 6.15. The molecule has 0 aliphatic carbocycles. The standard InChI is InChI=1S/C15H21N3S/c1-4-10-17(6-3)18-14-13(8-7-9-16-14)11-12(5-2)15(18)19/h7-9,11H,4-6,10H2,1-3H3. The van der Waals surface area contributed by atoms with E-state index in [1.807, 2.05) is 12.3 Å². The number of fused-ring (bicyclic) bond motifs is 1. The fourth-order valence-electron chi connectivity index (χ4n) is 2.35. The average molecular weight is 275 g/mol. The van der Waals surface area contributed by atoms with Gasteiger partial charge < -0.3 is 5.01 Å². The minimum Gasteiger partial charge on any atom is -0.310 e. The van der Waals surface area contributed by atoms with Crippen molar-refractivity contribution in [1.29, 1.82) is 0 Å². The van der Waals surface area contributed by atoms with Crippen LogP contribution >= 0.6 is 12.2 Å². The van der Waals surface area contributed by atoms with Gasteiger partial charge in [-0.2, -0.15) is 0 Å². The van der Waals surface area contributed by atoms with Crippen LogP contribution in [0.25, 0.3) is 11.0 Å². The molecule has 0 radical (unpaired) electrons. The molecule has 0 amide bonds. The third kappa shape index (κ3) is 2.63. The summed E-state index contributed by atoms with van der Waals surface area (Å²) >= 11 is 5.66. The van der Waals surface area contributed by atoms with Crippen LogP contribution in [0.15, 0.2) is 24.4 Å². The lowest BCUT2D eigenvalue weighted by Crippen LogP contribution is -2.36. The van der Waals surface area contributed by atoms with Crippen molar-refractivity contribution in [2.75, 3.05) is 18.1 Å². The van der Waals surface area contributed by atoms with Crippen molar-refractivity contribution in [1.82, 2.24) is 9.66 Å². The summed E-state index contributed by atoms with van der Waals surface area (Å²) in [6.07, 6.45) is 3.88. The molecular formula is C15H21N3S. The maximum absolute atomic E-state index is 5.66. The predicted molar refractivity (Wildman–Crippen MR) is 83.9 cm³/mol. The first-order chi connectivity index (χ1) is 9.22. The minimum absolute atomic E-state index is 0.893. The molecule has 0 fully saturated rings. The molecule has 2 aromatic heterocycles. The van der Waals surface area contributed by atoms with E-state index in [1.165, 1.54) is 5.56 Å². The molecule has 0 unspecified atom stereocenters. The minimum atomic E-state index is 0.893. The van der Waals surface area contributed by atoms with E-state index in [2.05, 4.69) is 47.6 Å². The summed E-state index contributed by atoms with van der Waals surface area (Å²) in [5.74, 6) is 0. The molecule has 3 nitrogen and oxygen atoms in total. The lowest BCUT2D eigenvalue weighted by Gasteiger charge is -2.27. The van der Waals surface area contributed by atoms with Crippen LogP contribution in [-0.4, -0.2) is 22.7 Å². The largest absolute Gasteiger partial charge is 0.310 e. The maximum Gasteiger partial charge on any atom is 0.159 e. The zero-order valence-corrected chi connectivity index (χ0v) is 12.7. The summed E-state index contributed by atoms with van der Waals surface area (Å²) in [4.78, 5) is 4.52. The van der Waals surface area contributed by atoms with Gasteiger partial charge in [0, 0.05) is 24.7 Å². The van der Waals surface area contributed by atoms with Gasteiger partial charge in [0.25, 0.3) is 0 Å². The highest BCUT2D eigenvalue weighted by Gasteiger charge is 2.11. The van der Waals surface area contributed by atoms with Crippen molar-refractivity contribution >= 4 is 23.3 Å². The summed E-state index contributed by atoms with van der Waals surface area (Å²) in [5, 5.41) is 3.43. The molecule has 0 saturated carbocycles. The number of aryl methyl sites for hydroxylation is 1. The highest BCUT2D eigenvalue weighted by Crippen LogP contribution is 2.17. The van der Waals surface area contributed by atoms with Gasteiger partial charge >= 0.3 is 0 Å². The first-order valence-corrected chi connectivity index (χ1v) is 7.38. The van der Waals surface area contributed by atoms with Crippen LogP contribution in [0, 0.1) is 4.64 Å². The van der Waals surface area contributed by atoms with E-state index in [1.54, 1.807) is 0 Å². The monoisotopic (exact) mass is 275 g/mol. The second-order valence-corrected chi connectivity index (χ2v) is 4.99. The number of aromatic nitrogens is 2. The number of pyridine rings is 2. The summed E-state index contributed by atoms with van der Waals surface area (Å²) in [7, 11) is 0. The van der Waals surface area contributed by atoms with Gasteiger partial charge in [-0.05, 0) is 43.5 Å². The SMILES string of the molecule is CCCN(CC)n1c(=S)c(CC)cc2cccnc21. The maximum atomic E-state index is 5.66. The first-order valence-electron chi connectivity index (χ1n) is 6.97. The molecule has 19 heavy (non-hydrogen) atoms. The van der Waals surface area contributed by atoms with E-state index in [-0.39, 0.29) is 0 Å². The fourth-order valence-corrected chi connectivity index (χ4v) is 2.76. The van der Waals surface area contributed by atoms with Gasteiger partial charge in [0.05, 0.1) is 0 Å². The Kier molecular flexibility index (Phi) is 4.53. The molecule has 102 valence electrons. The highest BCUT2D eigenvalue weighted by molar-refractivity contribution is 7.71. The third-order valence-electron chi connectivity index (χ3n) is 3.32. The van der Waals surface area contributed by atoms with E-state index >= 15 is 0 Å². The number of hydrogen-bond donors (Lipinski definition) is 0. The van der Waals surface area contributed by atoms with Crippen molar-refractivity contribution in [2.45, 2.75) is 33.6 Å². The number of nitrogens with zero attached hydrogens (tertiary/aromatic N) is 3. The molecule has 0 aromatic carbocycles. The van der Waals surface area contributed by atoms with E-state index in [0.717, 1.165) is 41.6 Å². The molecule has 2 aromatic rings. The Morgan fingerprint density at radius 1 is 1.32 bits per heavy atom. The zero-order chi connectivity index (χ0) is 13.8. The van der Waals surface area contributed by atoms with Gasteiger partial charge in [-0.25, -0.2) is 9.66 Å². The van der Waals surface area contributed by atoms with Gasteiger partial charge in [0.1, 0.15) is 4.64 Å². The van der Waals surface area contributed by atoms with E-state index in [0.29, 0.717) is 0 Å². The lowest BCUT2D eigenvalue weighted by atomic mass is 10.2. The molecule has 0 aliphatic heterocycles. The fraction of sp³-hybridized carbons (Fsp3) is 0.467. The molecule has 0 aliphatic rings. The smallest absolute Gasteiger partial charge is 0.159 e.